The molecule has 1 heterocycles. The molecule has 3 nitrogen and oxygen atoms in total. The lowest BCUT2D eigenvalue weighted by molar-refractivity contribution is -0.141. The molecule has 8 heteroatoms. The summed E-state index contributed by atoms with van der Waals surface area (Å²) in [6, 6.07) is 5.28. The number of anilines is 2. The van der Waals surface area contributed by atoms with E-state index in [1.54, 1.807) is 0 Å². The molecule has 19 heavy (non-hydrogen) atoms. The smallest absolute Gasteiger partial charge is 0.324 e. The summed E-state index contributed by atoms with van der Waals surface area (Å²) in [4.78, 5) is 7.06. The van der Waals surface area contributed by atoms with E-state index in [9.17, 15) is 13.2 Å². The van der Waals surface area contributed by atoms with Gasteiger partial charge in [-0.25, -0.2) is 9.97 Å². The average Bonchev–Trinajstić information content (AvgIpc) is 2.26. The molecule has 1 N–H and O–H groups in total. The van der Waals surface area contributed by atoms with E-state index in [0.29, 0.717) is 15.7 Å². The quantitative estimate of drug-likeness (QED) is 0.884. The highest BCUT2D eigenvalue weighted by Crippen LogP contribution is 2.29. The van der Waals surface area contributed by atoms with Gasteiger partial charge >= 0.3 is 6.18 Å². The fourth-order valence-corrected chi connectivity index (χ4v) is 1.86. The largest absolute Gasteiger partial charge is 0.433 e. The van der Waals surface area contributed by atoms with E-state index in [1.807, 2.05) is 0 Å². The number of benzene rings is 1. The Bertz CT molecular complexity index is 582. The van der Waals surface area contributed by atoms with Crippen LogP contribution < -0.4 is 5.32 Å². The Morgan fingerprint density at radius 2 is 1.68 bits per heavy atom. The first kappa shape index (κ1) is 13.9. The zero-order valence-electron chi connectivity index (χ0n) is 9.17. The lowest BCUT2D eigenvalue weighted by Crippen LogP contribution is -2.10. The lowest BCUT2D eigenvalue weighted by Gasteiger charge is -2.09. The highest BCUT2D eigenvalue weighted by Gasteiger charge is 2.32. The van der Waals surface area contributed by atoms with Gasteiger partial charge in [0, 0.05) is 21.9 Å². The molecule has 0 radical (unpaired) electrons. The monoisotopic (exact) mass is 307 g/mol. The van der Waals surface area contributed by atoms with Gasteiger partial charge in [-0.3, -0.25) is 0 Å². The summed E-state index contributed by atoms with van der Waals surface area (Å²) in [7, 11) is 0. The molecule has 0 bridgehead atoms. The van der Waals surface area contributed by atoms with E-state index in [1.165, 1.54) is 18.2 Å². The predicted molar refractivity (Wildman–Crippen MR) is 66.8 cm³/mol. The second-order valence-corrected chi connectivity index (χ2v) is 4.42. The zero-order valence-corrected chi connectivity index (χ0v) is 10.7. The molecular formula is C11H6Cl2F3N3. The standard InChI is InChI=1S/C11H6Cl2F3N3/c12-6-3-7(13)5-8(4-6)18-10-17-2-1-9(19-10)11(14,15)16/h1-5H,(H,17,18,19). The molecule has 0 unspecified atom stereocenters. The maximum absolute atomic E-state index is 12.5. The fourth-order valence-electron chi connectivity index (χ4n) is 1.33. The molecule has 0 spiro atoms. The number of aromatic nitrogens is 2. The molecule has 0 saturated heterocycles. The Morgan fingerprint density at radius 1 is 1.05 bits per heavy atom. The Labute approximate surface area is 116 Å². The van der Waals surface area contributed by atoms with Crippen LogP contribution in [0.1, 0.15) is 5.69 Å². The van der Waals surface area contributed by atoms with Crippen molar-refractivity contribution in [2.45, 2.75) is 6.18 Å². The van der Waals surface area contributed by atoms with Crippen LogP contribution in [0.2, 0.25) is 10.0 Å². The highest BCUT2D eigenvalue weighted by atomic mass is 35.5. The minimum Gasteiger partial charge on any atom is -0.324 e. The topological polar surface area (TPSA) is 37.8 Å². The van der Waals surface area contributed by atoms with Gasteiger partial charge in [-0.15, -0.1) is 0 Å². The van der Waals surface area contributed by atoms with Gasteiger partial charge < -0.3 is 5.32 Å². The van der Waals surface area contributed by atoms with Gasteiger partial charge in [-0.2, -0.15) is 13.2 Å². The number of nitrogens with one attached hydrogen (secondary N) is 1. The van der Waals surface area contributed by atoms with E-state index in [2.05, 4.69) is 15.3 Å². The van der Waals surface area contributed by atoms with Crippen molar-refractivity contribution < 1.29 is 13.2 Å². The van der Waals surface area contributed by atoms with Crippen molar-refractivity contribution in [2.75, 3.05) is 5.32 Å². The van der Waals surface area contributed by atoms with Crippen LogP contribution in [0.5, 0.6) is 0 Å². The van der Waals surface area contributed by atoms with E-state index >= 15 is 0 Å². The van der Waals surface area contributed by atoms with Gasteiger partial charge in [0.25, 0.3) is 0 Å². The van der Waals surface area contributed by atoms with Crippen LogP contribution in [0.3, 0.4) is 0 Å². The van der Waals surface area contributed by atoms with Crippen LogP contribution in [0, 0.1) is 0 Å². The van der Waals surface area contributed by atoms with E-state index < -0.39 is 11.9 Å². The van der Waals surface area contributed by atoms with Gasteiger partial charge in [0.1, 0.15) is 5.69 Å². The third-order valence-electron chi connectivity index (χ3n) is 2.06. The summed E-state index contributed by atoms with van der Waals surface area (Å²) < 4.78 is 37.4. The highest BCUT2D eigenvalue weighted by molar-refractivity contribution is 6.35. The van der Waals surface area contributed by atoms with Gasteiger partial charge in [0.05, 0.1) is 0 Å². The molecule has 1 aromatic carbocycles. The van der Waals surface area contributed by atoms with Crippen LogP contribution >= 0.6 is 23.2 Å². The second kappa shape index (κ2) is 5.22. The van der Waals surface area contributed by atoms with Gasteiger partial charge in [-0.05, 0) is 24.3 Å². The number of nitrogens with zero attached hydrogens (tertiary/aromatic N) is 2. The molecule has 0 saturated carbocycles. The molecule has 100 valence electrons. The van der Waals surface area contributed by atoms with Gasteiger partial charge in [-0.1, -0.05) is 23.2 Å². The maximum atomic E-state index is 12.5. The number of hydrogen-bond acceptors (Lipinski definition) is 3. The summed E-state index contributed by atoms with van der Waals surface area (Å²) in [5, 5.41) is 3.31. The summed E-state index contributed by atoms with van der Waals surface area (Å²) in [6.45, 7) is 0. The molecule has 0 aliphatic carbocycles. The molecule has 0 fully saturated rings. The zero-order chi connectivity index (χ0) is 14.0. The first-order chi connectivity index (χ1) is 8.84. The van der Waals surface area contributed by atoms with E-state index in [0.717, 1.165) is 12.3 Å². The van der Waals surface area contributed by atoms with Crippen molar-refractivity contribution in [1.29, 1.82) is 0 Å². The van der Waals surface area contributed by atoms with Crippen LogP contribution in [-0.4, -0.2) is 9.97 Å². The Hall–Kier alpha value is -1.53. The third-order valence-corrected chi connectivity index (χ3v) is 2.50. The van der Waals surface area contributed by atoms with Crippen LogP contribution in [0.25, 0.3) is 0 Å². The molecular weight excluding hydrogens is 302 g/mol. The van der Waals surface area contributed by atoms with Gasteiger partial charge in [0.15, 0.2) is 0 Å². The second-order valence-electron chi connectivity index (χ2n) is 3.55. The van der Waals surface area contributed by atoms with Crippen molar-refractivity contribution in [3.63, 3.8) is 0 Å². The summed E-state index contributed by atoms with van der Waals surface area (Å²) in [5.41, 5.74) is -0.630. The number of hydrogen-bond donors (Lipinski definition) is 1. The number of rotatable bonds is 2. The Morgan fingerprint density at radius 3 is 2.26 bits per heavy atom. The van der Waals surface area contributed by atoms with Gasteiger partial charge in [0.2, 0.25) is 5.95 Å². The van der Waals surface area contributed by atoms with Crippen LogP contribution in [0.4, 0.5) is 24.8 Å². The Balaban J connectivity index is 2.28. The molecule has 2 aromatic rings. The minimum absolute atomic E-state index is 0.187. The summed E-state index contributed by atoms with van der Waals surface area (Å²) >= 11 is 11.5. The van der Waals surface area contributed by atoms with E-state index in [-0.39, 0.29) is 5.95 Å². The first-order valence-electron chi connectivity index (χ1n) is 4.98. The number of halogens is 5. The molecule has 0 amide bonds. The number of alkyl halides is 3. The van der Waals surface area contributed by atoms with Crippen molar-refractivity contribution in [3.05, 3.63) is 46.2 Å². The predicted octanol–water partition coefficient (Wildman–Crippen LogP) is 4.55. The maximum Gasteiger partial charge on any atom is 0.433 e. The minimum atomic E-state index is -4.52. The summed E-state index contributed by atoms with van der Waals surface area (Å²) in [5.74, 6) is -0.187. The van der Waals surface area contributed by atoms with E-state index in [4.69, 9.17) is 23.2 Å². The first-order valence-corrected chi connectivity index (χ1v) is 5.73. The van der Waals surface area contributed by atoms with Crippen molar-refractivity contribution >= 4 is 34.8 Å². The molecule has 0 aliphatic heterocycles. The van der Waals surface area contributed by atoms with Crippen molar-refractivity contribution in [2.24, 2.45) is 0 Å². The van der Waals surface area contributed by atoms with Crippen molar-refractivity contribution in [3.8, 4) is 0 Å². The average molecular weight is 308 g/mol. The summed E-state index contributed by atoms with van der Waals surface area (Å²) in [6.07, 6.45) is -3.50. The third kappa shape index (κ3) is 3.71. The molecule has 1 aromatic heterocycles. The van der Waals surface area contributed by atoms with Crippen LogP contribution in [0.15, 0.2) is 30.5 Å². The van der Waals surface area contributed by atoms with Crippen LogP contribution in [-0.2, 0) is 6.18 Å². The lowest BCUT2D eigenvalue weighted by atomic mass is 10.3. The molecule has 0 atom stereocenters. The fraction of sp³-hybridized carbons (Fsp3) is 0.0909. The van der Waals surface area contributed by atoms with Crippen molar-refractivity contribution in [1.82, 2.24) is 9.97 Å². The Kier molecular flexibility index (Phi) is 3.82. The SMILES string of the molecule is FC(F)(F)c1ccnc(Nc2cc(Cl)cc(Cl)c2)n1. The molecule has 2 rings (SSSR count). The molecule has 0 aliphatic rings. The normalized spacial score (nSPS) is 11.4.